The average Bonchev–Trinajstić information content (AvgIpc) is 3.12. The van der Waals surface area contributed by atoms with Crippen molar-refractivity contribution in [3.63, 3.8) is 0 Å². The summed E-state index contributed by atoms with van der Waals surface area (Å²) in [7, 11) is 1.55. The fraction of sp³-hybridized carbons (Fsp3) is 0.250. The summed E-state index contributed by atoms with van der Waals surface area (Å²) in [6.07, 6.45) is 5.85. The van der Waals surface area contributed by atoms with E-state index in [2.05, 4.69) is 10.4 Å². The number of fused-ring (bicyclic) bond motifs is 2. The molecule has 1 aliphatic carbocycles. The van der Waals surface area contributed by atoms with Crippen LogP contribution in [0.1, 0.15) is 50.7 Å². The first kappa shape index (κ1) is 17.1. The monoisotopic (exact) mass is 365 g/mol. The smallest absolute Gasteiger partial charge is 0.335 e. The maximum atomic E-state index is 12.9. The number of nitrogens with zero attached hydrogens (tertiary/aromatic N) is 2. The Morgan fingerprint density at radius 3 is 2.96 bits per heavy atom. The molecule has 1 aromatic carbocycles. The van der Waals surface area contributed by atoms with Gasteiger partial charge in [-0.05, 0) is 54.7 Å². The lowest BCUT2D eigenvalue weighted by atomic mass is 9.86. The van der Waals surface area contributed by atoms with Crippen molar-refractivity contribution in [2.75, 3.05) is 7.11 Å². The highest BCUT2D eigenvalue weighted by molar-refractivity contribution is 6.02. The number of benzene rings is 1. The van der Waals surface area contributed by atoms with Crippen molar-refractivity contribution in [1.82, 2.24) is 14.9 Å². The van der Waals surface area contributed by atoms with Gasteiger partial charge in [0.15, 0.2) is 0 Å². The standard InChI is InChI=1S/C20H19N3O4/c1-27-17-6-3-9-23-18(17)15(11-21-23)19(24)22-16-5-2-4-12-7-8-13(20(25)26)10-14(12)16/h3,6-11,16H,2,4-5H2,1H3,(H,22,24)(H,25,26). The van der Waals surface area contributed by atoms with Crippen LogP contribution in [-0.4, -0.2) is 33.7 Å². The molecule has 0 aliphatic heterocycles. The second-order valence-electron chi connectivity index (χ2n) is 6.57. The first-order chi connectivity index (χ1) is 13.1. The Kier molecular flexibility index (Phi) is 4.27. The molecular weight excluding hydrogens is 346 g/mol. The predicted molar refractivity (Wildman–Crippen MR) is 98.3 cm³/mol. The molecule has 0 bridgehead atoms. The van der Waals surface area contributed by atoms with Crippen LogP contribution in [0.5, 0.6) is 5.75 Å². The summed E-state index contributed by atoms with van der Waals surface area (Å²) < 4.78 is 6.96. The van der Waals surface area contributed by atoms with Gasteiger partial charge in [-0.25, -0.2) is 9.31 Å². The number of aryl methyl sites for hydroxylation is 1. The minimum atomic E-state index is -0.971. The van der Waals surface area contributed by atoms with Crippen molar-refractivity contribution >= 4 is 17.4 Å². The molecule has 2 aromatic heterocycles. The van der Waals surface area contributed by atoms with Crippen molar-refractivity contribution in [2.45, 2.75) is 25.3 Å². The molecule has 2 N–H and O–H groups in total. The van der Waals surface area contributed by atoms with Gasteiger partial charge in [-0.1, -0.05) is 6.07 Å². The van der Waals surface area contributed by atoms with Crippen molar-refractivity contribution in [2.24, 2.45) is 0 Å². The molecule has 3 aromatic rings. The van der Waals surface area contributed by atoms with Crippen molar-refractivity contribution in [1.29, 1.82) is 0 Å². The van der Waals surface area contributed by atoms with E-state index in [1.54, 1.807) is 42.1 Å². The molecule has 2 heterocycles. The molecular formula is C20H19N3O4. The Bertz CT molecular complexity index is 1040. The molecule has 7 nitrogen and oxygen atoms in total. The van der Waals surface area contributed by atoms with Gasteiger partial charge in [-0.3, -0.25) is 4.79 Å². The van der Waals surface area contributed by atoms with Gasteiger partial charge in [0.05, 0.1) is 30.5 Å². The van der Waals surface area contributed by atoms with Crippen LogP contribution in [0.2, 0.25) is 0 Å². The van der Waals surface area contributed by atoms with Crippen LogP contribution in [0.3, 0.4) is 0 Å². The third kappa shape index (κ3) is 3.01. The molecule has 27 heavy (non-hydrogen) atoms. The number of carboxylic acid groups (broad SMARTS) is 1. The summed E-state index contributed by atoms with van der Waals surface area (Å²) in [5.74, 6) is -0.661. The molecule has 1 amide bonds. The summed E-state index contributed by atoms with van der Waals surface area (Å²) in [6, 6.07) is 8.47. The summed E-state index contributed by atoms with van der Waals surface area (Å²) in [6.45, 7) is 0. The van der Waals surface area contributed by atoms with Crippen LogP contribution < -0.4 is 10.1 Å². The number of pyridine rings is 1. The SMILES string of the molecule is COc1cccn2ncc(C(=O)NC3CCCc4ccc(C(=O)O)cc43)c12. The van der Waals surface area contributed by atoms with E-state index in [4.69, 9.17) is 4.74 Å². The van der Waals surface area contributed by atoms with E-state index in [1.807, 2.05) is 6.07 Å². The van der Waals surface area contributed by atoms with Gasteiger partial charge in [-0.15, -0.1) is 0 Å². The van der Waals surface area contributed by atoms with Gasteiger partial charge >= 0.3 is 5.97 Å². The number of carboxylic acids is 1. The van der Waals surface area contributed by atoms with E-state index in [-0.39, 0.29) is 17.5 Å². The molecule has 0 spiro atoms. The normalized spacial score (nSPS) is 16.0. The number of ether oxygens (including phenoxy) is 1. The molecule has 1 unspecified atom stereocenters. The van der Waals surface area contributed by atoms with Crippen molar-refractivity contribution in [3.05, 3.63) is 65.0 Å². The molecule has 0 saturated heterocycles. The van der Waals surface area contributed by atoms with Crippen LogP contribution in [-0.2, 0) is 6.42 Å². The van der Waals surface area contributed by atoms with Gasteiger partial charge < -0.3 is 15.2 Å². The van der Waals surface area contributed by atoms with E-state index >= 15 is 0 Å². The fourth-order valence-corrected chi connectivity index (χ4v) is 3.66. The van der Waals surface area contributed by atoms with E-state index in [0.717, 1.165) is 30.4 Å². The third-order valence-corrected chi connectivity index (χ3v) is 4.98. The number of carbonyl (C=O) groups excluding carboxylic acids is 1. The van der Waals surface area contributed by atoms with Crippen molar-refractivity contribution < 1.29 is 19.4 Å². The molecule has 1 aliphatic rings. The van der Waals surface area contributed by atoms with Crippen LogP contribution >= 0.6 is 0 Å². The van der Waals surface area contributed by atoms with Gasteiger partial charge in [0.2, 0.25) is 0 Å². The highest BCUT2D eigenvalue weighted by Crippen LogP contribution is 2.31. The van der Waals surface area contributed by atoms with Gasteiger partial charge in [-0.2, -0.15) is 5.10 Å². The predicted octanol–water partition coefficient (Wildman–Crippen LogP) is 2.85. The molecule has 0 fully saturated rings. The van der Waals surface area contributed by atoms with Crippen LogP contribution in [0.4, 0.5) is 0 Å². The third-order valence-electron chi connectivity index (χ3n) is 4.98. The fourth-order valence-electron chi connectivity index (χ4n) is 3.66. The molecule has 138 valence electrons. The lowest BCUT2D eigenvalue weighted by Crippen LogP contribution is -2.31. The maximum absolute atomic E-state index is 12.9. The number of rotatable bonds is 4. The second kappa shape index (κ2) is 6.75. The number of hydrogen-bond donors (Lipinski definition) is 2. The zero-order valence-electron chi connectivity index (χ0n) is 14.8. The molecule has 0 saturated carbocycles. The van der Waals surface area contributed by atoms with E-state index in [9.17, 15) is 14.7 Å². The summed E-state index contributed by atoms with van der Waals surface area (Å²) in [5.41, 5.74) is 3.21. The second-order valence-corrected chi connectivity index (χ2v) is 6.57. The number of hydrogen-bond acceptors (Lipinski definition) is 4. The lowest BCUT2D eigenvalue weighted by Gasteiger charge is -2.26. The van der Waals surface area contributed by atoms with E-state index < -0.39 is 5.97 Å². The Labute approximate surface area is 155 Å². The van der Waals surface area contributed by atoms with Crippen LogP contribution in [0.15, 0.2) is 42.7 Å². The Morgan fingerprint density at radius 1 is 1.33 bits per heavy atom. The zero-order chi connectivity index (χ0) is 19.0. The first-order valence-corrected chi connectivity index (χ1v) is 8.76. The minimum Gasteiger partial charge on any atom is -0.494 e. The quantitative estimate of drug-likeness (QED) is 0.742. The summed E-state index contributed by atoms with van der Waals surface area (Å²) >= 11 is 0. The van der Waals surface area contributed by atoms with Gasteiger partial charge in [0, 0.05) is 6.20 Å². The molecule has 0 radical (unpaired) electrons. The minimum absolute atomic E-state index is 0.229. The number of amides is 1. The lowest BCUT2D eigenvalue weighted by molar-refractivity contribution is 0.0696. The Balaban J connectivity index is 1.67. The number of aromatic nitrogens is 2. The van der Waals surface area contributed by atoms with Crippen molar-refractivity contribution in [3.8, 4) is 5.75 Å². The number of methoxy groups -OCH3 is 1. The average molecular weight is 365 g/mol. The largest absolute Gasteiger partial charge is 0.494 e. The topological polar surface area (TPSA) is 92.9 Å². The van der Waals surface area contributed by atoms with Crippen LogP contribution in [0, 0.1) is 0 Å². The molecule has 4 rings (SSSR count). The number of aromatic carboxylic acids is 1. The molecule has 1 atom stereocenters. The number of carbonyl (C=O) groups is 2. The van der Waals surface area contributed by atoms with E-state index in [0.29, 0.717) is 16.8 Å². The van der Waals surface area contributed by atoms with Gasteiger partial charge in [0.1, 0.15) is 11.3 Å². The first-order valence-electron chi connectivity index (χ1n) is 8.76. The van der Waals surface area contributed by atoms with Crippen LogP contribution in [0.25, 0.3) is 5.52 Å². The highest BCUT2D eigenvalue weighted by Gasteiger charge is 2.25. The summed E-state index contributed by atoms with van der Waals surface area (Å²) in [4.78, 5) is 24.3. The Hall–Kier alpha value is -3.35. The van der Waals surface area contributed by atoms with E-state index in [1.165, 1.54) is 6.20 Å². The maximum Gasteiger partial charge on any atom is 0.335 e. The van der Waals surface area contributed by atoms with Gasteiger partial charge in [0.25, 0.3) is 5.91 Å². The molecule has 7 heteroatoms. The summed E-state index contributed by atoms with van der Waals surface area (Å²) in [5, 5.41) is 16.5. The number of nitrogens with one attached hydrogen (secondary N) is 1. The Morgan fingerprint density at radius 2 is 2.19 bits per heavy atom. The zero-order valence-corrected chi connectivity index (χ0v) is 14.8. The highest BCUT2D eigenvalue weighted by atomic mass is 16.5.